The summed E-state index contributed by atoms with van der Waals surface area (Å²) < 4.78 is 7.09. The van der Waals surface area contributed by atoms with Crippen LogP contribution in [0.4, 0.5) is 5.95 Å². The molecule has 0 spiro atoms. The summed E-state index contributed by atoms with van der Waals surface area (Å²) in [6.45, 7) is -0.937. The first-order valence-electron chi connectivity index (χ1n) is 11.2. The fourth-order valence-corrected chi connectivity index (χ4v) is 4.81. The van der Waals surface area contributed by atoms with Crippen molar-refractivity contribution in [2.24, 2.45) is 11.7 Å². The number of ether oxygens (including phenoxy) is 1. The van der Waals surface area contributed by atoms with E-state index in [9.17, 15) is 35.1 Å². The lowest BCUT2D eigenvalue weighted by atomic mass is 9.79. The number of amides is 1. The van der Waals surface area contributed by atoms with Gasteiger partial charge in [0.2, 0.25) is 11.9 Å². The monoisotopic (exact) mass is 495 g/mol. The minimum absolute atomic E-state index is 0.107. The highest BCUT2D eigenvalue weighted by Crippen LogP contribution is 2.39. The van der Waals surface area contributed by atoms with Gasteiger partial charge in [-0.25, -0.2) is 14.8 Å². The van der Waals surface area contributed by atoms with Crippen LogP contribution in [0.3, 0.4) is 0 Å². The van der Waals surface area contributed by atoms with E-state index in [1.54, 1.807) is 0 Å². The van der Waals surface area contributed by atoms with Crippen LogP contribution >= 0.6 is 0 Å². The molecule has 0 unspecified atom stereocenters. The van der Waals surface area contributed by atoms with Crippen LogP contribution in [0.15, 0.2) is 12.5 Å². The van der Waals surface area contributed by atoms with Gasteiger partial charge in [-0.15, -0.1) is 0 Å². The van der Waals surface area contributed by atoms with Crippen molar-refractivity contribution in [1.29, 1.82) is 0 Å². The van der Waals surface area contributed by atoms with Gasteiger partial charge in [0, 0.05) is 12.5 Å². The Morgan fingerprint density at radius 3 is 2.71 bits per heavy atom. The number of carboxylic acids is 1. The Bertz CT molecular complexity index is 1100. The molecule has 1 saturated carbocycles. The highest BCUT2D eigenvalue weighted by atomic mass is 16.5. The SMILES string of the molecule is Nc1ncc2ncn([C@@H]3O[C@H]([C@H](NC(=O)[C@@H]4CCC[C@@H]4N)C(=O)O)C[C@](O)([C@H](O)CO)[C@H]3O)c2n1. The van der Waals surface area contributed by atoms with Gasteiger partial charge < -0.3 is 47.1 Å². The summed E-state index contributed by atoms with van der Waals surface area (Å²) >= 11 is 0. The summed E-state index contributed by atoms with van der Waals surface area (Å²) in [6.07, 6.45) is -2.91. The van der Waals surface area contributed by atoms with E-state index in [2.05, 4.69) is 20.3 Å². The zero-order valence-corrected chi connectivity index (χ0v) is 18.6. The highest BCUT2D eigenvalue weighted by molar-refractivity contribution is 5.86. The number of aliphatic hydroxyl groups is 4. The Hall–Kier alpha value is -2.95. The highest BCUT2D eigenvalue weighted by Gasteiger charge is 2.56. The summed E-state index contributed by atoms with van der Waals surface area (Å²) in [5, 5.41) is 54.5. The van der Waals surface area contributed by atoms with Crippen LogP contribution in [0.1, 0.15) is 31.9 Å². The number of nitrogens with one attached hydrogen (secondary N) is 1. The molecule has 8 atom stereocenters. The number of aliphatic hydroxyl groups excluding tert-OH is 3. The fourth-order valence-electron chi connectivity index (χ4n) is 4.81. The molecule has 192 valence electrons. The molecule has 0 aromatic carbocycles. The van der Waals surface area contributed by atoms with Crippen LogP contribution in [-0.4, -0.2) is 99.5 Å². The maximum absolute atomic E-state index is 12.8. The predicted molar refractivity (Wildman–Crippen MR) is 117 cm³/mol. The van der Waals surface area contributed by atoms with E-state index in [-0.39, 0.29) is 17.1 Å². The van der Waals surface area contributed by atoms with Crippen LogP contribution in [0.2, 0.25) is 0 Å². The van der Waals surface area contributed by atoms with Crippen molar-refractivity contribution in [1.82, 2.24) is 24.8 Å². The van der Waals surface area contributed by atoms with Crippen molar-refractivity contribution >= 4 is 29.0 Å². The lowest BCUT2D eigenvalue weighted by molar-refractivity contribution is -0.273. The molecule has 0 radical (unpaired) electrons. The summed E-state index contributed by atoms with van der Waals surface area (Å²) in [5.74, 6) is -2.74. The Morgan fingerprint density at radius 1 is 1.34 bits per heavy atom. The van der Waals surface area contributed by atoms with E-state index in [0.29, 0.717) is 12.8 Å². The van der Waals surface area contributed by atoms with Crippen molar-refractivity contribution in [3.05, 3.63) is 12.5 Å². The molecule has 1 saturated heterocycles. The topological polar surface area (TPSA) is 252 Å². The number of aliphatic carboxylic acids is 1. The van der Waals surface area contributed by atoms with Gasteiger partial charge in [0.05, 0.1) is 31.2 Å². The van der Waals surface area contributed by atoms with Crippen LogP contribution in [0.5, 0.6) is 0 Å². The second-order valence-electron chi connectivity index (χ2n) is 9.02. The summed E-state index contributed by atoms with van der Waals surface area (Å²) in [7, 11) is 0. The molecular weight excluding hydrogens is 466 g/mol. The molecule has 2 aromatic heterocycles. The molecule has 10 N–H and O–H groups in total. The smallest absolute Gasteiger partial charge is 0.328 e. The van der Waals surface area contributed by atoms with E-state index >= 15 is 0 Å². The van der Waals surface area contributed by atoms with E-state index in [0.717, 1.165) is 6.42 Å². The zero-order valence-electron chi connectivity index (χ0n) is 18.6. The largest absolute Gasteiger partial charge is 0.480 e. The molecule has 3 heterocycles. The molecule has 0 bridgehead atoms. The van der Waals surface area contributed by atoms with Crippen LogP contribution in [0.25, 0.3) is 11.2 Å². The van der Waals surface area contributed by atoms with Gasteiger partial charge in [-0.1, -0.05) is 6.42 Å². The molecule has 1 aliphatic heterocycles. The first-order valence-corrected chi connectivity index (χ1v) is 11.2. The van der Waals surface area contributed by atoms with Gasteiger partial charge in [-0.05, 0) is 12.8 Å². The lowest BCUT2D eigenvalue weighted by Crippen LogP contribution is -2.66. The zero-order chi connectivity index (χ0) is 25.5. The van der Waals surface area contributed by atoms with E-state index in [1.165, 1.54) is 17.1 Å². The van der Waals surface area contributed by atoms with Gasteiger partial charge in [0.15, 0.2) is 17.9 Å². The second-order valence-corrected chi connectivity index (χ2v) is 9.02. The summed E-state index contributed by atoms with van der Waals surface area (Å²) in [5.41, 5.74) is 9.59. The number of aromatic nitrogens is 4. The second kappa shape index (κ2) is 9.60. The molecule has 35 heavy (non-hydrogen) atoms. The fraction of sp³-hybridized carbons (Fsp3) is 0.650. The van der Waals surface area contributed by atoms with E-state index in [1.807, 2.05) is 0 Å². The summed E-state index contributed by atoms with van der Waals surface area (Å²) in [6, 6.07) is -2.08. The average molecular weight is 495 g/mol. The number of imidazole rings is 1. The van der Waals surface area contributed by atoms with E-state index < -0.39 is 73.0 Å². The normalized spacial score (nSPS) is 32.9. The number of fused-ring (bicyclic) bond motifs is 1. The Balaban J connectivity index is 1.70. The number of nitrogen functional groups attached to an aromatic ring is 1. The summed E-state index contributed by atoms with van der Waals surface area (Å²) in [4.78, 5) is 36.9. The molecule has 1 amide bonds. The lowest BCUT2D eigenvalue weighted by Gasteiger charge is -2.48. The first-order chi connectivity index (χ1) is 16.6. The standard InChI is InChI=1S/C20H29N7O8/c21-9-3-1-2-8(9)16(31)25-13(18(32)33)11-4-20(34,12(29)6-28)14(30)17(35-11)27-7-24-10-5-23-19(22)26-15(10)27/h5,7-9,11-14,17,28-30,34H,1-4,6,21H2,(H,25,31)(H,32,33)(H2,22,23,26)/t8-,9+,11+,12-,13+,14+,17-,20+/m1/s1. The molecule has 1 aliphatic carbocycles. The van der Waals surface area contributed by atoms with Gasteiger partial charge in [-0.2, -0.15) is 4.98 Å². The minimum Gasteiger partial charge on any atom is -0.480 e. The first kappa shape index (κ1) is 25.2. The van der Waals surface area contributed by atoms with Crippen LogP contribution in [-0.2, 0) is 14.3 Å². The molecule has 2 aromatic rings. The Kier molecular flexibility index (Phi) is 6.90. The number of nitrogens with two attached hydrogens (primary N) is 2. The van der Waals surface area contributed by atoms with Gasteiger partial charge in [-0.3, -0.25) is 9.36 Å². The third-order valence-electron chi connectivity index (χ3n) is 6.83. The molecule has 2 fully saturated rings. The Labute approximate surface area is 198 Å². The minimum atomic E-state index is -2.42. The third kappa shape index (κ3) is 4.53. The van der Waals surface area contributed by atoms with E-state index in [4.69, 9.17) is 16.2 Å². The van der Waals surface area contributed by atoms with Crippen molar-refractivity contribution < 1.29 is 39.9 Å². The maximum Gasteiger partial charge on any atom is 0.328 e. The van der Waals surface area contributed by atoms with Gasteiger partial charge in [0.25, 0.3) is 0 Å². The molecule has 15 nitrogen and oxygen atoms in total. The number of rotatable bonds is 7. The van der Waals surface area contributed by atoms with Crippen LogP contribution in [0, 0.1) is 5.92 Å². The Morgan fingerprint density at radius 2 is 2.09 bits per heavy atom. The third-order valence-corrected chi connectivity index (χ3v) is 6.83. The number of anilines is 1. The number of hydrogen-bond acceptors (Lipinski definition) is 12. The van der Waals surface area contributed by atoms with Crippen molar-refractivity contribution in [3.63, 3.8) is 0 Å². The van der Waals surface area contributed by atoms with Gasteiger partial charge >= 0.3 is 5.97 Å². The van der Waals surface area contributed by atoms with Crippen molar-refractivity contribution in [2.75, 3.05) is 12.3 Å². The average Bonchev–Trinajstić information content (AvgIpc) is 3.44. The number of nitrogens with zero attached hydrogens (tertiary/aromatic N) is 4. The maximum atomic E-state index is 12.8. The van der Waals surface area contributed by atoms with Crippen molar-refractivity contribution in [2.45, 2.75) is 67.9 Å². The molecule has 4 rings (SSSR count). The van der Waals surface area contributed by atoms with Gasteiger partial charge in [0.1, 0.15) is 23.3 Å². The van der Waals surface area contributed by atoms with Crippen molar-refractivity contribution in [3.8, 4) is 0 Å². The number of carbonyl (C=O) groups excluding carboxylic acids is 1. The number of carbonyl (C=O) groups is 2. The number of carboxylic acid groups (broad SMARTS) is 1. The quantitative estimate of drug-likeness (QED) is 0.189. The van der Waals surface area contributed by atoms with Crippen LogP contribution < -0.4 is 16.8 Å². The number of hydrogen-bond donors (Lipinski definition) is 8. The molecular formula is C20H29N7O8. The predicted octanol–water partition coefficient (Wildman–Crippen LogP) is -3.16. The molecule has 2 aliphatic rings. The molecule has 15 heteroatoms.